The van der Waals surface area contributed by atoms with Crippen LogP contribution in [0, 0.1) is 17.2 Å². The molecule has 2 heterocycles. The number of fused-ring (bicyclic) bond motifs is 2. The van der Waals surface area contributed by atoms with Crippen LogP contribution in [0.15, 0.2) is 36.4 Å². The number of anilines is 1. The highest BCUT2D eigenvalue weighted by Gasteiger charge is 2.66. The third-order valence-electron chi connectivity index (χ3n) is 9.55. The van der Waals surface area contributed by atoms with Crippen LogP contribution in [-0.4, -0.2) is 48.1 Å². The number of nitrogens with two attached hydrogens (primary N) is 1. The second-order valence-electron chi connectivity index (χ2n) is 14.8. The molecule has 5 rings (SSSR count). The van der Waals surface area contributed by atoms with Crippen molar-refractivity contribution >= 4 is 46.7 Å². The van der Waals surface area contributed by atoms with Crippen molar-refractivity contribution in [3.05, 3.63) is 63.4 Å². The molecule has 0 unspecified atom stereocenters. The summed E-state index contributed by atoms with van der Waals surface area (Å²) in [6, 6.07) is 7.63. The van der Waals surface area contributed by atoms with Gasteiger partial charge in [-0.05, 0) is 79.2 Å². The van der Waals surface area contributed by atoms with Gasteiger partial charge in [0.05, 0.1) is 11.1 Å². The number of nitrogens with one attached hydrogen (secondary N) is 3. The first-order chi connectivity index (χ1) is 21.6. The van der Waals surface area contributed by atoms with Crippen LogP contribution in [0.2, 0.25) is 10.0 Å². The summed E-state index contributed by atoms with van der Waals surface area (Å²) in [4.78, 5) is 41.1. The largest absolute Gasteiger partial charge is 0.461 e. The summed E-state index contributed by atoms with van der Waals surface area (Å²) in [5.74, 6) is -2.32. The lowest BCUT2D eigenvalue weighted by Gasteiger charge is -2.38. The number of benzene rings is 2. The van der Waals surface area contributed by atoms with E-state index in [2.05, 4.69) is 36.7 Å². The van der Waals surface area contributed by atoms with Crippen molar-refractivity contribution < 1.29 is 23.5 Å². The van der Waals surface area contributed by atoms with Crippen molar-refractivity contribution in [2.24, 2.45) is 17.1 Å². The van der Waals surface area contributed by atoms with Gasteiger partial charge in [-0.15, -0.1) is 0 Å². The van der Waals surface area contributed by atoms with E-state index >= 15 is 4.39 Å². The molecular formula is C35H45Cl2FN4O4. The van der Waals surface area contributed by atoms with E-state index < -0.39 is 41.2 Å². The van der Waals surface area contributed by atoms with Crippen LogP contribution < -0.4 is 21.7 Å². The van der Waals surface area contributed by atoms with Crippen molar-refractivity contribution in [1.82, 2.24) is 10.6 Å². The second-order valence-corrected chi connectivity index (χ2v) is 15.6. The van der Waals surface area contributed by atoms with E-state index in [1.54, 1.807) is 30.3 Å². The smallest absolute Gasteiger partial charge is 0.323 e. The second kappa shape index (κ2) is 13.4. The third-order valence-corrected chi connectivity index (χ3v) is 10.1. The van der Waals surface area contributed by atoms with E-state index in [-0.39, 0.29) is 45.9 Å². The molecule has 11 heteroatoms. The maximum atomic E-state index is 16.0. The van der Waals surface area contributed by atoms with Crippen LogP contribution in [0.5, 0.6) is 0 Å². The van der Waals surface area contributed by atoms with Crippen LogP contribution in [0.4, 0.5) is 10.1 Å². The first-order valence-corrected chi connectivity index (χ1v) is 16.9. The molecule has 2 aromatic rings. The van der Waals surface area contributed by atoms with Crippen LogP contribution >= 0.6 is 23.2 Å². The maximum Gasteiger partial charge on any atom is 0.323 e. The van der Waals surface area contributed by atoms with Crippen LogP contribution in [-0.2, 0) is 24.5 Å². The zero-order valence-electron chi connectivity index (χ0n) is 27.1. The normalized spacial score (nSPS) is 28.2. The molecule has 5 N–H and O–H groups in total. The van der Waals surface area contributed by atoms with E-state index in [0.29, 0.717) is 54.8 Å². The van der Waals surface area contributed by atoms with Gasteiger partial charge in [0.25, 0.3) is 0 Å². The van der Waals surface area contributed by atoms with Gasteiger partial charge >= 0.3 is 5.97 Å². The standard InChI is InChI=1S/C35H45Cl2FN4O4/c1-18(2)15-25(39)32(44)46-21-12-10-20(11-13-21)40-31(43)30-28(22-7-6-8-24(37)29(22)38)35(27(42-30)17-34(3,4)5)23-14-9-19(36)16-26(23)41-33(35)45/h6-9,14,16,18,20-21,25,27-28,30,42H,10-13,15,17,39H2,1-5H3,(H,40,43)(H,41,45)/t20-,21-,25-,27+,28-,30+,35-/m0/s1. The number of esters is 1. The number of halogens is 3. The average Bonchev–Trinajstić information content (AvgIpc) is 3.44. The summed E-state index contributed by atoms with van der Waals surface area (Å²) in [7, 11) is 0. The van der Waals surface area contributed by atoms with Gasteiger partial charge in [-0.25, -0.2) is 4.39 Å². The molecule has 2 aliphatic heterocycles. The van der Waals surface area contributed by atoms with Gasteiger partial charge in [0.1, 0.15) is 23.4 Å². The molecule has 8 nitrogen and oxygen atoms in total. The van der Waals surface area contributed by atoms with E-state index in [0.717, 1.165) is 0 Å². The van der Waals surface area contributed by atoms with Gasteiger partial charge < -0.3 is 26.4 Å². The molecule has 2 fully saturated rings. The quantitative estimate of drug-likeness (QED) is 0.246. The predicted molar refractivity (Wildman–Crippen MR) is 178 cm³/mol. The first-order valence-electron chi connectivity index (χ1n) is 16.2. The summed E-state index contributed by atoms with van der Waals surface area (Å²) in [5, 5.41) is 10.1. The molecule has 5 atom stereocenters. The fourth-order valence-corrected chi connectivity index (χ4v) is 7.98. The minimum absolute atomic E-state index is 0.0817. The predicted octanol–water partition coefficient (Wildman–Crippen LogP) is 6.23. The lowest BCUT2D eigenvalue weighted by molar-refractivity contribution is -0.153. The molecule has 1 aliphatic carbocycles. The van der Waals surface area contributed by atoms with Crippen molar-refractivity contribution in [2.45, 2.75) is 115 Å². The number of hydrogen-bond donors (Lipinski definition) is 4. The lowest BCUT2D eigenvalue weighted by Crippen LogP contribution is -2.50. The molecule has 250 valence electrons. The summed E-state index contributed by atoms with van der Waals surface area (Å²) < 4.78 is 21.7. The number of ether oxygens (including phenoxy) is 1. The Morgan fingerprint density at radius 2 is 1.83 bits per heavy atom. The van der Waals surface area contributed by atoms with Crippen molar-refractivity contribution in [3.63, 3.8) is 0 Å². The monoisotopic (exact) mass is 674 g/mol. The van der Waals surface area contributed by atoms with E-state index in [1.165, 1.54) is 6.07 Å². The number of rotatable bonds is 8. The van der Waals surface area contributed by atoms with Crippen molar-refractivity contribution in [3.8, 4) is 0 Å². The van der Waals surface area contributed by atoms with Crippen molar-refractivity contribution in [2.75, 3.05) is 5.32 Å². The van der Waals surface area contributed by atoms with Gasteiger partial charge in [-0.1, -0.05) is 76.0 Å². The number of carbonyl (C=O) groups excluding carboxylic acids is 3. The Kier molecular flexibility index (Phi) is 10.1. The fourth-order valence-electron chi connectivity index (χ4n) is 7.62. The Morgan fingerprint density at radius 1 is 1.13 bits per heavy atom. The first kappa shape index (κ1) is 34.6. The number of amides is 2. The average molecular weight is 676 g/mol. The molecule has 0 bridgehead atoms. The van der Waals surface area contributed by atoms with E-state index in [9.17, 15) is 14.4 Å². The minimum Gasteiger partial charge on any atom is -0.461 e. The van der Waals surface area contributed by atoms with Gasteiger partial charge in [-0.2, -0.15) is 0 Å². The molecule has 1 saturated carbocycles. The van der Waals surface area contributed by atoms with Gasteiger partial charge in [0.2, 0.25) is 11.8 Å². The topological polar surface area (TPSA) is 123 Å². The van der Waals surface area contributed by atoms with Crippen LogP contribution in [0.25, 0.3) is 0 Å². The highest BCUT2D eigenvalue weighted by Crippen LogP contribution is 2.57. The Morgan fingerprint density at radius 3 is 2.48 bits per heavy atom. The molecule has 1 spiro atoms. The molecule has 0 radical (unpaired) electrons. The summed E-state index contributed by atoms with van der Waals surface area (Å²) in [6.07, 6.45) is 3.20. The molecule has 0 aromatic heterocycles. The van der Waals surface area contributed by atoms with Crippen molar-refractivity contribution in [1.29, 1.82) is 0 Å². The minimum atomic E-state index is -1.32. The molecule has 1 saturated heterocycles. The Labute approximate surface area is 280 Å². The molecule has 3 aliphatic rings. The zero-order chi connectivity index (χ0) is 33.6. The number of hydrogen-bond acceptors (Lipinski definition) is 6. The summed E-state index contributed by atoms with van der Waals surface area (Å²) in [6.45, 7) is 10.2. The van der Waals surface area contributed by atoms with Crippen LogP contribution in [0.3, 0.4) is 0 Å². The van der Waals surface area contributed by atoms with E-state index in [1.807, 2.05) is 13.8 Å². The highest BCUT2D eigenvalue weighted by atomic mass is 35.5. The molecule has 2 amide bonds. The Bertz CT molecular complexity index is 1490. The Balaban J connectivity index is 1.45. The fraction of sp³-hybridized carbons (Fsp3) is 0.571. The molecule has 2 aromatic carbocycles. The van der Waals surface area contributed by atoms with Crippen LogP contribution in [0.1, 0.15) is 90.2 Å². The SMILES string of the molecule is CC(C)C[C@H](N)C(=O)O[C@H]1CC[C@H](NC(=O)[C@@H]2N[C@H](CC(C)(C)C)[C@]3(C(=O)Nc4cc(Cl)ccc43)[C@H]2c2cccc(Cl)c2F)CC1. The third kappa shape index (κ3) is 6.80. The van der Waals surface area contributed by atoms with Gasteiger partial charge in [0, 0.05) is 28.7 Å². The summed E-state index contributed by atoms with van der Waals surface area (Å²) >= 11 is 12.6. The summed E-state index contributed by atoms with van der Waals surface area (Å²) in [5.41, 5.74) is 5.87. The molecule has 46 heavy (non-hydrogen) atoms. The number of carbonyl (C=O) groups is 3. The lowest BCUT2D eigenvalue weighted by atomic mass is 9.62. The van der Waals surface area contributed by atoms with Gasteiger partial charge in [0.15, 0.2) is 0 Å². The molecular weight excluding hydrogens is 630 g/mol. The zero-order valence-corrected chi connectivity index (χ0v) is 28.6. The van der Waals surface area contributed by atoms with Gasteiger partial charge in [-0.3, -0.25) is 14.4 Å². The maximum absolute atomic E-state index is 16.0. The highest BCUT2D eigenvalue weighted by molar-refractivity contribution is 6.31. The van der Waals surface area contributed by atoms with E-state index in [4.69, 9.17) is 33.7 Å². The Hall–Kier alpha value is -2.72.